The van der Waals surface area contributed by atoms with E-state index in [1.54, 1.807) is 36.4 Å². The largest absolute Gasteiger partial charge is 0.344 e. The zero-order valence-corrected chi connectivity index (χ0v) is 15.8. The molecule has 138 valence electrons. The van der Waals surface area contributed by atoms with E-state index in [1.807, 2.05) is 49.8 Å². The summed E-state index contributed by atoms with van der Waals surface area (Å²) in [5.41, 5.74) is 3.19. The molecule has 0 radical (unpaired) electrons. The van der Waals surface area contributed by atoms with E-state index in [2.05, 4.69) is 10.4 Å². The molecule has 0 saturated heterocycles. The molecule has 5 heteroatoms. The van der Waals surface area contributed by atoms with E-state index in [-0.39, 0.29) is 17.7 Å². The third kappa shape index (κ3) is 4.14. The molecular formula is C22H23N3O2. The lowest BCUT2D eigenvalue weighted by atomic mass is 9.97. The summed E-state index contributed by atoms with van der Waals surface area (Å²) in [6.07, 6.45) is 1.88. The van der Waals surface area contributed by atoms with Crippen LogP contribution in [0.3, 0.4) is 0 Å². The normalized spacial score (nSPS) is 11.8. The van der Waals surface area contributed by atoms with Gasteiger partial charge in [0.25, 0.3) is 5.91 Å². The SMILES string of the molecule is CCn1ccc(C(C)NC(=O)c2ccccc2C(=O)c2ccc(C)cc2)n1. The smallest absolute Gasteiger partial charge is 0.252 e. The van der Waals surface area contributed by atoms with Crippen LogP contribution >= 0.6 is 0 Å². The first-order chi connectivity index (χ1) is 13.0. The summed E-state index contributed by atoms with van der Waals surface area (Å²) < 4.78 is 1.81. The number of carbonyl (C=O) groups excluding carboxylic acids is 2. The molecule has 27 heavy (non-hydrogen) atoms. The Morgan fingerprint density at radius 3 is 2.33 bits per heavy atom. The molecule has 1 aromatic heterocycles. The minimum atomic E-state index is -0.287. The van der Waals surface area contributed by atoms with Gasteiger partial charge in [-0.2, -0.15) is 5.10 Å². The standard InChI is InChI=1S/C22H23N3O2/c1-4-25-14-13-20(24-25)16(3)23-22(27)19-8-6-5-7-18(19)21(26)17-11-9-15(2)10-12-17/h5-14,16H,4H2,1-3H3,(H,23,27). The highest BCUT2D eigenvalue weighted by atomic mass is 16.2. The second-order valence-electron chi connectivity index (χ2n) is 6.53. The second-order valence-corrected chi connectivity index (χ2v) is 6.53. The Balaban J connectivity index is 1.83. The fraction of sp³-hybridized carbons (Fsp3) is 0.227. The van der Waals surface area contributed by atoms with Crippen LogP contribution in [0, 0.1) is 6.92 Å². The minimum Gasteiger partial charge on any atom is -0.344 e. The lowest BCUT2D eigenvalue weighted by Crippen LogP contribution is -2.28. The number of hydrogen-bond acceptors (Lipinski definition) is 3. The maximum absolute atomic E-state index is 12.9. The number of hydrogen-bond donors (Lipinski definition) is 1. The molecule has 1 amide bonds. The number of nitrogens with one attached hydrogen (secondary N) is 1. The van der Waals surface area contributed by atoms with E-state index in [0.29, 0.717) is 16.7 Å². The fourth-order valence-electron chi connectivity index (χ4n) is 2.87. The summed E-state index contributed by atoms with van der Waals surface area (Å²) in [4.78, 5) is 25.7. The molecule has 5 nitrogen and oxygen atoms in total. The van der Waals surface area contributed by atoms with Gasteiger partial charge in [0.05, 0.1) is 17.3 Å². The molecule has 1 unspecified atom stereocenters. The number of amides is 1. The van der Waals surface area contributed by atoms with E-state index in [4.69, 9.17) is 0 Å². The predicted molar refractivity (Wildman–Crippen MR) is 105 cm³/mol. The van der Waals surface area contributed by atoms with E-state index >= 15 is 0 Å². The van der Waals surface area contributed by atoms with Crippen LogP contribution in [0.4, 0.5) is 0 Å². The zero-order chi connectivity index (χ0) is 19.4. The van der Waals surface area contributed by atoms with Gasteiger partial charge >= 0.3 is 0 Å². The first-order valence-electron chi connectivity index (χ1n) is 9.04. The van der Waals surface area contributed by atoms with Crippen LogP contribution in [-0.2, 0) is 6.54 Å². The summed E-state index contributed by atoms with van der Waals surface area (Å²) >= 11 is 0. The summed E-state index contributed by atoms with van der Waals surface area (Å²) in [7, 11) is 0. The number of nitrogens with zero attached hydrogens (tertiary/aromatic N) is 2. The van der Waals surface area contributed by atoms with Gasteiger partial charge in [0, 0.05) is 23.9 Å². The van der Waals surface area contributed by atoms with E-state index in [0.717, 1.165) is 17.8 Å². The topological polar surface area (TPSA) is 64.0 Å². The minimum absolute atomic E-state index is 0.163. The average Bonchev–Trinajstić information content (AvgIpc) is 3.17. The number of aromatic nitrogens is 2. The highest BCUT2D eigenvalue weighted by Gasteiger charge is 2.20. The summed E-state index contributed by atoms with van der Waals surface area (Å²) in [5, 5.41) is 7.36. The molecule has 3 rings (SSSR count). The third-order valence-corrected chi connectivity index (χ3v) is 4.51. The van der Waals surface area contributed by atoms with Gasteiger partial charge in [0.1, 0.15) is 0 Å². The highest BCUT2D eigenvalue weighted by molar-refractivity contribution is 6.15. The van der Waals surface area contributed by atoms with Gasteiger partial charge in [-0.25, -0.2) is 0 Å². The maximum Gasteiger partial charge on any atom is 0.252 e. The van der Waals surface area contributed by atoms with Crippen molar-refractivity contribution in [2.45, 2.75) is 33.4 Å². The molecule has 1 N–H and O–H groups in total. The van der Waals surface area contributed by atoms with E-state index in [1.165, 1.54) is 0 Å². The van der Waals surface area contributed by atoms with E-state index in [9.17, 15) is 9.59 Å². The van der Waals surface area contributed by atoms with Crippen LogP contribution in [0.5, 0.6) is 0 Å². The molecule has 0 bridgehead atoms. The van der Waals surface area contributed by atoms with Crippen LogP contribution in [0.1, 0.15) is 57.4 Å². The molecule has 0 saturated carbocycles. The van der Waals surface area contributed by atoms with Crippen LogP contribution in [0.25, 0.3) is 0 Å². The molecule has 0 spiro atoms. The Hall–Kier alpha value is -3.21. The van der Waals surface area contributed by atoms with Gasteiger partial charge in [-0.3, -0.25) is 14.3 Å². The van der Waals surface area contributed by atoms with Crippen LogP contribution < -0.4 is 5.32 Å². The molecule has 0 fully saturated rings. The van der Waals surface area contributed by atoms with E-state index < -0.39 is 0 Å². The van der Waals surface area contributed by atoms with Gasteiger partial charge in [-0.1, -0.05) is 48.0 Å². The van der Waals surface area contributed by atoms with Crippen LogP contribution in [-0.4, -0.2) is 21.5 Å². The molecule has 1 heterocycles. The van der Waals surface area contributed by atoms with Crippen molar-refractivity contribution in [3.05, 3.63) is 88.7 Å². The Morgan fingerprint density at radius 1 is 1.04 bits per heavy atom. The van der Waals surface area contributed by atoms with Crippen molar-refractivity contribution in [1.29, 1.82) is 0 Å². The third-order valence-electron chi connectivity index (χ3n) is 4.51. The van der Waals surface area contributed by atoms with Crippen molar-refractivity contribution >= 4 is 11.7 Å². The first-order valence-corrected chi connectivity index (χ1v) is 9.04. The van der Waals surface area contributed by atoms with Gasteiger partial charge in [0.2, 0.25) is 0 Å². The number of aryl methyl sites for hydroxylation is 2. The monoisotopic (exact) mass is 361 g/mol. The molecule has 0 aliphatic carbocycles. The summed E-state index contributed by atoms with van der Waals surface area (Å²) in [6.45, 7) is 6.63. The van der Waals surface area contributed by atoms with Gasteiger partial charge in [0.15, 0.2) is 5.78 Å². The maximum atomic E-state index is 12.9. The predicted octanol–water partition coefficient (Wildman–Crippen LogP) is 3.93. The van der Waals surface area contributed by atoms with Crippen LogP contribution in [0.15, 0.2) is 60.8 Å². The zero-order valence-electron chi connectivity index (χ0n) is 15.8. The van der Waals surface area contributed by atoms with Gasteiger partial charge < -0.3 is 5.32 Å². The molecule has 0 aliphatic heterocycles. The van der Waals surface area contributed by atoms with Crippen LogP contribution in [0.2, 0.25) is 0 Å². The number of carbonyl (C=O) groups is 2. The quantitative estimate of drug-likeness (QED) is 0.677. The first kappa shape index (κ1) is 18.6. The number of benzene rings is 2. The van der Waals surface area contributed by atoms with Crippen molar-refractivity contribution in [1.82, 2.24) is 15.1 Å². The van der Waals surface area contributed by atoms with Gasteiger partial charge in [-0.05, 0) is 32.9 Å². The van der Waals surface area contributed by atoms with Crippen molar-refractivity contribution in [2.75, 3.05) is 0 Å². The Kier molecular flexibility index (Phi) is 5.50. The Labute approximate surface area is 159 Å². The molecule has 3 aromatic rings. The average molecular weight is 361 g/mol. The summed E-state index contributed by atoms with van der Waals surface area (Å²) in [6, 6.07) is 15.9. The molecular weight excluding hydrogens is 338 g/mol. The van der Waals surface area contributed by atoms with Gasteiger partial charge in [-0.15, -0.1) is 0 Å². The van der Waals surface area contributed by atoms with Crippen molar-refractivity contribution in [2.24, 2.45) is 0 Å². The highest BCUT2D eigenvalue weighted by Crippen LogP contribution is 2.17. The molecule has 2 aromatic carbocycles. The number of rotatable bonds is 6. The second kappa shape index (κ2) is 7.99. The van der Waals surface area contributed by atoms with Crippen molar-refractivity contribution < 1.29 is 9.59 Å². The molecule has 1 atom stereocenters. The lowest BCUT2D eigenvalue weighted by Gasteiger charge is -2.14. The Bertz CT molecular complexity index is 958. The number of ketones is 1. The molecule has 0 aliphatic rings. The summed E-state index contributed by atoms with van der Waals surface area (Å²) in [5.74, 6) is -0.451. The van der Waals surface area contributed by atoms with Crippen molar-refractivity contribution in [3.63, 3.8) is 0 Å². The van der Waals surface area contributed by atoms with Crippen molar-refractivity contribution in [3.8, 4) is 0 Å². The fourth-order valence-corrected chi connectivity index (χ4v) is 2.87. The Morgan fingerprint density at radius 2 is 1.70 bits per heavy atom. The lowest BCUT2D eigenvalue weighted by molar-refractivity contribution is 0.0928.